The molecule has 1 amide bonds. The van der Waals surface area contributed by atoms with E-state index in [2.05, 4.69) is 18.8 Å². The summed E-state index contributed by atoms with van der Waals surface area (Å²) < 4.78 is 41.2. The van der Waals surface area contributed by atoms with Gasteiger partial charge in [-0.3, -0.25) is 9.59 Å². The molecule has 2 rings (SSSR count). The van der Waals surface area contributed by atoms with E-state index >= 15 is 0 Å². The van der Waals surface area contributed by atoms with Crippen LogP contribution in [0.2, 0.25) is 0 Å². The Morgan fingerprint density at radius 1 is 1.10 bits per heavy atom. The van der Waals surface area contributed by atoms with E-state index in [0.717, 1.165) is 28.0 Å². The first-order chi connectivity index (χ1) is 19.6. The van der Waals surface area contributed by atoms with Crippen molar-refractivity contribution in [1.29, 1.82) is 0 Å². The maximum Gasteiger partial charge on any atom is 0.264 e. The minimum atomic E-state index is -2.96. The SMILES string of the molecule is C=c1ccc(C(=O)NCC(F)(F)CC)c(C)c1=CN(C)CC(CC)CC(C)C(=O)C(=Cc1cc(F)ccc1C)C(C)C. The number of hydrogen-bond donors (Lipinski definition) is 1. The molecule has 0 aliphatic carbocycles. The Kier molecular flexibility index (Phi) is 12.6. The minimum absolute atomic E-state index is 0.00479. The van der Waals surface area contributed by atoms with Gasteiger partial charge in [0.25, 0.3) is 11.8 Å². The molecule has 42 heavy (non-hydrogen) atoms. The minimum Gasteiger partial charge on any atom is -0.380 e. The lowest BCUT2D eigenvalue weighted by molar-refractivity contribution is -0.119. The Labute approximate surface area is 249 Å². The number of amides is 1. The smallest absolute Gasteiger partial charge is 0.264 e. The zero-order valence-electron chi connectivity index (χ0n) is 26.4. The summed E-state index contributed by atoms with van der Waals surface area (Å²) in [5.41, 5.74) is 3.33. The molecule has 0 saturated heterocycles. The summed E-state index contributed by atoms with van der Waals surface area (Å²) >= 11 is 0. The largest absolute Gasteiger partial charge is 0.380 e. The second kappa shape index (κ2) is 15.2. The Morgan fingerprint density at radius 2 is 1.76 bits per heavy atom. The van der Waals surface area contributed by atoms with Crippen LogP contribution < -0.4 is 15.8 Å². The van der Waals surface area contributed by atoms with Crippen molar-refractivity contribution in [3.63, 3.8) is 0 Å². The highest BCUT2D eigenvalue weighted by atomic mass is 19.3. The summed E-state index contributed by atoms with van der Waals surface area (Å²) in [6.07, 6.45) is 4.95. The first-order valence-electron chi connectivity index (χ1n) is 14.8. The van der Waals surface area contributed by atoms with E-state index < -0.39 is 18.4 Å². The van der Waals surface area contributed by atoms with Gasteiger partial charge in [0.15, 0.2) is 5.78 Å². The summed E-state index contributed by atoms with van der Waals surface area (Å²) in [5, 5.41) is 3.84. The van der Waals surface area contributed by atoms with E-state index in [-0.39, 0.29) is 35.8 Å². The molecule has 0 bridgehead atoms. The van der Waals surface area contributed by atoms with Gasteiger partial charge in [-0.05, 0) is 83.9 Å². The number of carbonyl (C=O) groups is 2. The summed E-state index contributed by atoms with van der Waals surface area (Å²) in [7, 11) is 1.94. The number of benzene rings is 2. The summed E-state index contributed by atoms with van der Waals surface area (Å²) in [6, 6.07) is 7.94. The molecule has 0 aromatic heterocycles. The Hall–Kier alpha value is -3.35. The van der Waals surface area contributed by atoms with Crippen molar-refractivity contribution in [2.24, 2.45) is 17.8 Å². The highest BCUT2D eigenvalue weighted by molar-refractivity contribution is 6.01. The van der Waals surface area contributed by atoms with E-state index in [4.69, 9.17) is 0 Å². The van der Waals surface area contributed by atoms with Gasteiger partial charge in [0, 0.05) is 42.9 Å². The number of hydrogen-bond acceptors (Lipinski definition) is 3. The van der Waals surface area contributed by atoms with Gasteiger partial charge in [0.1, 0.15) is 5.82 Å². The number of nitrogens with zero attached hydrogens (tertiary/aromatic N) is 1. The van der Waals surface area contributed by atoms with Crippen molar-refractivity contribution in [3.8, 4) is 0 Å². The maximum atomic E-state index is 13.9. The number of allylic oxidation sites excluding steroid dienone is 1. The average Bonchev–Trinajstić information content (AvgIpc) is 2.93. The number of nitrogens with one attached hydrogen (secondary N) is 1. The Balaban J connectivity index is 2.22. The third kappa shape index (κ3) is 9.60. The van der Waals surface area contributed by atoms with Crippen molar-refractivity contribution in [1.82, 2.24) is 10.2 Å². The molecule has 2 aromatic carbocycles. The first-order valence-corrected chi connectivity index (χ1v) is 14.8. The van der Waals surface area contributed by atoms with E-state index in [1.165, 1.54) is 19.1 Å². The topological polar surface area (TPSA) is 49.4 Å². The molecule has 0 saturated carbocycles. The average molecular weight is 585 g/mol. The Morgan fingerprint density at radius 3 is 2.36 bits per heavy atom. The van der Waals surface area contributed by atoms with Crippen LogP contribution in [0.3, 0.4) is 0 Å². The van der Waals surface area contributed by atoms with Gasteiger partial charge in [-0.2, -0.15) is 0 Å². The molecule has 7 heteroatoms. The zero-order chi connectivity index (χ0) is 31.8. The van der Waals surface area contributed by atoms with Gasteiger partial charge in [-0.15, -0.1) is 0 Å². The van der Waals surface area contributed by atoms with Gasteiger partial charge in [-0.25, -0.2) is 13.2 Å². The summed E-state index contributed by atoms with van der Waals surface area (Å²) in [5.74, 6) is -3.76. The quantitative estimate of drug-likeness (QED) is 0.253. The predicted molar refractivity (Wildman–Crippen MR) is 167 cm³/mol. The van der Waals surface area contributed by atoms with E-state index in [0.29, 0.717) is 29.7 Å². The number of alkyl halides is 2. The third-order valence-electron chi connectivity index (χ3n) is 7.94. The fourth-order valence-corrected chi connectivity index (χ4v) is 5.04. The number of aryl methyl sites for hydroxylation is 1. The van der Waals surface area contributed by atoms with Crippen LogP contribution in [0.25, 0.3) is 18.9 Å². The molecule has 230 valence electrons. The molecule has 4 nitrogen and oxygen atoms in total. The van der Waals surface area contributed by atoms with Crippen molar-refractivity contribution >= 4 is 30.5 Å². The molecule has 2 atom stereocenters. The standard InChI is InChI=1S/C35H47F3N2O2/c1-10-27(16-25(7)33(41)31(22(3)4)18-28-17-29(36)14-12-23(28)5)19-40(9)20-32-24(6)13-15-30(26(32)8)34(42)39-21-35(37,38)11-2/h12-15,17-18,20,22,25,27H,6,10-11,16,19,21H2,1-5,7-9H3,(H,39,42). The van der Waals surface area contributed by atoms with Crippen LogP contribution in [0.1, 0.15) is 80.9 Å². The van der Waals surface area contributed by atoms with E-state index in [1.807, 2.05) is 51.9 Å². The second-order valence-corrected chi connectivity index (χ2v) is 11.8. The first kappa shape index (κ1) is 34.8. The highest BCUT2D eigenvalue weighted by Crippen LogP contribution is 2.26. The zero-order valence-corrected chi connectivity index (χ0v) is 26.4. The fourth-order valence-electron chi connectivity index (χ4n) is 5.04. The summed E-state index contributed by atoms with van der Waals surface area (Å²) in [4.78, 5) is 28.3. The molecule has 0 aliphatic rings. The van der Waals surface area contributed by atoms with Crippen LogP contribution in [-0.2, 0) is 4.79 Å². The van der Waals surface area contributed by atoms with Crippen molar-refractivity contribution < 1.29 is 22.8 Å². The molecule has 2 unspecified atom stereocenters. The lowest BCUT2D eigenvalue weighted by atomic mass is 9.84. The van der Waals surface area contributed by atoms with Gasteiger partial charge < -0.3 is 10.2 Å². The molecule has 0 aliphatic heterocycles. The highest BCUT2D eigenvalue weighted by Gasteiger charge is 2.27. The lowest BCUT2D eigenvalue weighted by Crippen LogP contribution is -2.38. The molecule has 2 aromatic rings. The second-order valence-electron chi connectivity index (χ2n) is 11.8. The molecule has 0 fully saturated rings. The normalized spacial score (nSPS) is 14.2. The van der Waals surface area contributed by atoms with Crippen LogP contribution in [0.15, 0.2) is 35.9 Å². The lowest BCUT2D eigenvalue weighted by Gasteiger charge is -2.25. The van der Waals surface area contributed by atoms with Gasteiger partial charge in [0.2, 0.25) is 0 Å². The van der Waals surface area contributed by atoms with Crippen LogP contribution in [-0.4, -0.2) is 42.7 Å². The van der Waals surface area contributed by atoms with Crippen LogP contribution in [0.4, 0.5) is 13.2 Å². The number of carbonyl (C=O) groups excluding carboxylic acids is 2. The van der Waals surface area contributed by atoms with E-state index in [9.17, 15) is 22.8 Å². The van der Waals surface area contributed by atoms with E-state index in [1.54, 1.807) is 25.1 Å². The van der Waals surface area contributed by atoms with Gasteiger partial charge in [0.05, 0.1) is 6.54 Å². The van der Waals surface area contributed by atoms with Crippen molar-refractivity contribution in [2.45, 2.75) is 73.7 Å². The van der Waals surface area contributed by atoms with Crippen molar-refractivity contribution in [2.75, 3.05) is 20.1 Å². The molecule has 0 spiro atoms. The van der Waals surface area contributed by atoms with Gasteiger partial charge >= 0.3 is 0 Å². The van der Waals surface area contributed by atoms with Crippen LogP contribution in [0, 0.1) is 37.4 Å². The number of ketones is 1. The monoisotopic (exact) mass is 584 g/mol. The molecule has 0 heterocycles. The molecular formula is C35H47F3N2O2. The van der Waals surface area contributed by atoms with Crippen LogP contribution >= 0.6 is 0 Å². The predicted octanol–water partition coefficient (Wildman–Crippen LogP) is 6.66. The summed E-state index contributed by atoms with van der Waals surface area (Å²) in [6.45, 7) is 17.2. The molecule has 0 radical (unpaired) electrons. The number of halogens is 3. The maximum absolute atomic E-state index is 13.9. The van der Waals surface area contributed by atoms with Gasteiger partial charge in [-0.1, -0.05) is 59.8 Å². The molecule has 1 N–H and O–H groups in total. The number of rotatable bonds is 14. The van der Waals surface area contributed by atoms with Crippen LogP contribution in [0.5, 0.6) is 0 Å². The Bertz CT molecular complexity index is 1400. The third-order valence-corrected chi connectivity index (χ3v) is 7.94. The number of Topliss-reactive ketones (excluding diaryl/α,β-unsaturated/α-hetero) is 1. The molecular weight excluding hydrogens is 537 g/mol. The van der Waals surface area contributed by atoms with Crippen molar-refractivity contribution in [3.05, 3.63) is 74.4 Å². The fraction of sp³-hybridized carbons (Fsp3) is 0.486.